The van der Waals surface area contributed by atoms with Gasteiger partial charge in [-0.05, 0) is 62.2 Å². The van der Waals surface area contributed by atoms with E-state index in [0.717, 1.165) is 21.7 Å². The fourth-order valence-electron chi connectivity index (χ4n) is 3.08. The topological polar surface area (TPSA) is 101 Å². The standard InChI is InChI=1S/C24H23N3O4S/c1-15-6-4-7-16(2)22(15)26-23(28)17(3)32-21-9-5-8-19(14-21)25-24(29)18-10-12-20(13-11-18)27(30)31/h4-14,17H,1-3H3,(H,25,29)(H,26,28). The summed E-state index contributed by atoms with van der Waals surface area (Å²) in [6, 6.07) is 18.5. The molecule has 0 saturated heterocycles. The van der Waals surface area contributed by atoms with E-state index in [9.17, 15) is 19.7 Å². The second-order valence-electron chi connectivity index (χ2n) is 7.30. The summed E-state index contributed by atoms with van der Waals surface area (Å²) in [5.74, 6) is -0.476. The second kappa shape index (κ2) is 10.1. The molecule has 3 rings (SSSR count). The van der Waals surface area contributed by atoms with Crippen molar-refractivity contribution in [3.8, 4) is 0 Å². The fourth-order valence-corrected chi connectivity index (χ4v) is 4.01. The highest BCUT2D eigenvalue weighted by Gasteiger charge is 2.17. The van der Waals surface area contributed by atoms with Crippen molar-refractivity contribution in [2.24, 2.45) is 0 Å². The van der Waals surface area contributed by atoms with E-state index in [0.29, 0.717) is 11.3 Å². The van der Waals surface area contributed by atoms with Gasteiger partial charge in [0.25, 0.3) is 11.6 Å². The monoisotopic (exact) mass is 449 g/mol. The molecule has 0 spiro atoms. The number of carbonyl (C=O) groups is 2. The third-order valence-electron chi connectivity index (χ3n) is 4.84. The maximum atomic E-state index is 12.7. The van der Waals surface area contributed by atoms with E-state index in [2.05, 4.69) is 10.6 Å². The molecule has 7 nitrogen and oxygen atoms in total. The highest BCUT2D eigenvalue weighted by molar-refractivity contribution is 8.00. The van der Waals surface area contributed by atoms with Crippen molar-refractivity contribution in [3.63, 3.8) is 0 Å². The SMILES string of the molecule is Cc1cccc(C)c1NC(=O)C(C)Sc1cccc(NC(=O)c2ccc([N+](=O)[O-])cc2)c1. The number of aryl methyl sites for hydroxylation is 2. The molecule has 2 N–H and O–H groups in total. The summed E-state index contributed by atoms with van der Waals surface area (Å²) >= 11 is 1.39. The highest BCUT2D eigenvalue weighted by atomic mass is 32.2. The van der Waals surface area contributed by atoms with Crippen molar-refractivity contribution < 1.29 is 14.5 Å². The van der Waals surface area contributed by atoms with Gasteiger partial charge >= 0.3 is 0 Å². The maximum absolute atomic E-state index is 12.7. The number of benzene rings is 3. The smallest absolute Gasteiger partial charge is 0.269 e. The van der Waals surface area contributed by atoms with Crippen LogP contribution in [0.25, 0.3) is 0 Å². The number of para-hydroxylation sites is 1. The molecule has 0 bridgehead atoms. The first kappa shape index (κ1) is 23.0. The number of nitrogens with zero attached hydrogens (tertiary/aromatic N) is 1. The lowest BCUT2D eigenvalue weighted by Crippen LogP contribution is -2.23. The molecule has 3 aromatic rings. The molecule has 0 heterocycles. The maximum Gasteiger partial charge on any atom is 0.269 e. The second-order valence-corrected chi connectivity index (χ2v) is 8.72. The summed E-state index contributed by atoms with van der Waals surface area (Å²) in [4.78, 5) is 36.2. The number of hydrogen-bond acceptors (Lipinski definition) is 5. The summed E-state index contributed by atoms with van der Waals surface area (Å²) in [5.41, 5.74) is 3.65. The quantitative estimate of drug-likeness (QED) is 0.278. The number of nitrogens with one attached hydrogen (secondary N) is 2. The lowest BCUT2D eigenvalue weighted by atomic mass is 10.1. The number of rotatable bonds is 7. The van der Waals surface area contributed by atoms with Crippen LogP contribution < -0.4 is 10.6 Å². The third-order valence-corrected chi connectivity index (χ3v) is 5.94. The number of carbonyl (C=O) groups excluding carboxylic acids is 2. The number of hydrogen-bond donors (Lipinski definition) is 2. The zero-order valence-electron chi connectivity index (χ0n) is 17.9. The lowest BCUT2D eigenvalue weighted by Gasteiger charge is -2.16. The summed E-state index contributed by atoms with van der Waals surface area (Å²) in [5, 5.41) is 16.2. The summed E-state index contributed by atoms with van der Waals surface area (Å²) < 4.78 is 0. The molecule has 2 amide bonds. The molecule has 0 aromatic heterocycles. The number of anilines is 2. The van der Waals surface area contributed by atoms with Gasteiger partial charge in [-0.2, -0.15) is 0 Å². The normalized spacial score (nSPS) is 11.5. The molecule has 32 heavy (non-hydrogen) atoms. The zero-order valence-corrected chi connectivity index (χ0v) is 18.7. The van der Waals surface area contributed by atoms with Gasteiger partial charge in [0.15, 0.2) is 0 Å². The van der Waals surface area contributed by atoms with Crippen LogP contribution >= 0.6 is 11.8 Å². The van der Waals surface area contributed by atoms with Crippen molar-refractivity contribution in [1.29, 1.82) is 0 Å². The van der Waals surface area contributed by atoms with Crippen molar-refractivity contribution in [3.05, 3.63) is 93.5 Å². The van der Waals surface area contributed by atoms with Gasteiger partial charge < -0.3 is 10.6 Å². The Kier molecular flexibility index (Phi) is 7.27. The van der Waals surface area contributed by atoms with Crippen LogP contribution in [-0.2, 0) is 4.79 Å². The predicted molar refractivity (Wildman–Crippen MR) is 127 cm³/mol. The number of amides is 2. The molecule has 0 aliphatic carbocycles. The van der Waals surface area contributed by atoms with Crippen LogP contribution in [0.1, 0.15) is 28.4 Å². The molecule has 0 aliphatic rings. The lowest BCUT2D eigenvalue weighted by molar-refractivity contribution is -0.384. The summed E-state index contributed by atoms with van der Waals surface area (Å²) in [6.45, 7) is 5.74. The Hall–Kier alpha value is -3.65. The number of thioether (sulfide) groups is 1. The van der Waals surface area contributed by atoms with Gasteiger partial charge in [0, 0.05) is 34.0 Å². The predicted octanol–water partition coefficient (Wildman–Crippen LogP) is 5.58. The highest BCUT2D eigenvalue weighted by Crippen LogP contribution is 2.28. The van der Waals surface area contributed by atoms with E-state index >= 15 is 0 Å². The molecular formula is C24H23N3O4S. The van der Waals surface area contributed by atoms with Crippen LogP contribution in [0.3, 0.4) is 0 Å². The Bertz CT molecular complexity index is 1140. The van der Waals surface area contributed by atoms with Crippen molar-refractivity contribution in [2.75, 3.05) is 10.6 Å². The molecule has 164 valence electrons. The first-order chi connectivity index (χ1) is 15.2. The van der Waals surface area contributed by atoms with Gasteiger partial charge in [-0.1, -0.05) is 24.3 Å². The Balaban J connectivity index is 1.64. The van der Waals surface area contributed by atoms with Gasteiger partial charge in [-0.25, -0.2) is 0 Å². The van der Waals surface area contributed by atoms with Gasteiger partial charge in [-0.3, -0.25) is 19.7 Å². The molecule has 3 aromatic carbocycles. The van der Waals surface area contributed by atoms with E-state index in [1.165, 1.54) is 36.0 Å². The van der Waals surface area contributed by atoms with Crippen LogP contribution in [0.4, 0.5) is 17.1 Å². The molecule has 8 heteroatoms. The molecule has 0 fully saturated rings. The molecular weight excluding hydrogens is 426 g/mol. The third kappa shape index (κ3) is 5.73. The Morgan fingerprint density at radius 3 is 2.19 bits per heavy atom. The Labute approximate surface area is 190 Å². The van der Waals surface area contributed by atoms with Crippen molar-refractivity contribution in [1.82, 2.24) is 0 Å². The minimum Gasteiger partial charge on any atom is -0.325 e. The van der Waals surface area contributed by atoms with E-state index in [1.54, 1.807) is 18.2 Å². The van der Waals surface area contributed by atoms with Gasteiger partial charge in [0.05, 0.1) is 10.2 Å². The van der Waals surface area contributed by atoms with Crippen LogP contribution in [0, 0.1) is 24.0 Å². The first-order valence-corrected chi connectivity index (χ1v) is 10.8. The summed E-state index contributed by atoms with van der Waals surface area (Å²) in [6.07, 6.45) is 0. The largest absolute Gasteiger partial charge is 0.325 e. The Morgan fingerprint density at radius 2 is 1.56 bits per heavy atom. The molecule has 0 aliphatic heterocycles. The Morgan fingerprint density at radius 1 is 0.938 bits per heavy atom. The van der Waals surface area contributed by atoms with Gasteiger partial charge in [0.1, 0.15) is 0 Å². The van der Waals surface area contributed by atoms with Crippen LogP contribution in [0.15, 0.2) is 71.6 Å². The van der Waals surface area contributed by atoms with Crippen LogP contribution in [0.5, 0.6) is 0 Å². The van der Waals surface area contributed by atoms with E-state index in [1.807, 2.05) is 45.0 Å². The minimum atomic E-state index is -0.514. The van der Waals surface area contributed by atoms with Crippen LogP contribution in [-0.4, -0.2) is 22.0 Å². The average molecular weight is 450 g/mol. The molecule has 0 radical (unpaired) electrons. The first-order valence-electron chi connectivity index (χ1n) is 9.94. The molecule has 1 atom stereocenters. The van der Waals surface area contributed by atoms with Crippen molar-refractivity contribution >= 4 is 40.6 Å². The fraction of sp³-hybridized carbons (Fsp3) is 0.167. The van der Waals surface area contributed by atoms with Gasteiger partial charge in [-0.15, -0.1) is 11.8 Å². The number of non-ortho nitro benzene ring substituents is 1. The van der Waals surface area contributed by atoms with E-state index in [4.69, 9.17) is 0 Å². The van der Waals surface area contributed by atoms with Gasteiger partial charge in [0.2, 0.25) is 5.91 Å². The number of nitro groups is 1. The summed E-state index contributed by atoms with van der Waals surface area (Å²) in [7, 11) is 0. The minimum absolute atomic E-state index is 0.0758. The van der Waals surface area contributed by atoms with E-state index in [-0.39, 0.29) is 22.8 Å². The molecule has 1 unspecified atom stereocenters. The molecule has 0 saturated carbocycles. The van der Waals surface area contributed by atoms with Crippen molar-refractivity contribution in [2.45, 2.75) is 30.9 Å². The van der Waals surface area contributed by atoms with Crippen LogP contribution in [0.2, 0.25) is 0 Å². The zero-order chi connectivity index (χ0) is 23.3. The number of nitro benzene ring substituents is 1. The average Bonchev–Trinajstić information content (AvgIpc) is 2.76. The van der Waals surface area contributed by atoms with E-state index < -0.39 is 4.92 Å².